The highest BCUT2D eigenvalue weighted by Gasteiger charge is 2.47. The zero-order valence-electron chi connectivity index (χ0n) is 17.5. The van der Waals surface area contributed by atoms with E-state index in [-0.39, 0.29) is 17.9 Å². The van der Waals surface area contributed by atoms with E-state index in [1.807, 2.05) is 19.9 Å². The minimum Gasteiger partial charge on any atom is -0.507 e. The lowest BCUT2D eigenvalue weighted by Gasteiger charge is -2.23. The van der Waals surface area contributed by atoms with E-state index in [9.17, 15) is 14.7 Å². The number of aryl methyl sites for hydroxylation is 2. The molecule has 7 heteroatoms. The standard InChI is InChI=1S/C24H22N2O5/c1-14-11-15(2)23(30-3)17(12-14)21(27)19-20(18-8-6-10-31-18)26(24(29)22(19)28)13-16-7-4-5-9-25-16/h4-12,20,27H,13H2,1-3H3/b21-19-. The van der Waals surface area contributed by atoms with E-state index in [1.54, 1.807) is 42.6 Å². The molecule has 0 saturated carbocycles. The van der Waals surface area contributed by atoms with Gasteiger partial charge in [-0.3, -0.25) is 14.6 Å². The predicted molar refractivity (Wildman–Crippen MR) is 113 cm³/mol. The molecule has 1 unspecified atom stereocenters. The number of ketones is 1. The predicted octanol–water partition coefficient (Wildman–Crippen LogP) is 3.92. The fourth-order valence-electron chi connectivity index (χ4n) is 4.00. The summed E-state index contributed by atoms with van der Waals surface area (Å²) < 4.78 is 11.0. The molecule has 4 rings (SSSR count). The molecule has 2 aromatic heterocycles. The Balaban J connectivity index is 1.90. The largest absolute Gasteiger partial charge is 0.507 e. The molecule has 3 heterocycles. The Morgan fingerprint density at radius 2 is 2.00 bits per heavy atom. The van der Waals surface area contributed by atoms with Crippen molar-refractivity contribution in [2.75, 3.05) is 7.11 Å². The number of aromatic nitrogens is 1. The number of benzene rings is 1. The van der Waals surface area contributed by atoms with E-state index < -0.39 is 17.7 Å². The lowest BCUT2D eigenvalue weighted by atomic mass is 9.96. The van der Waals surface area contributed by atoms with Crippen molar-refractivity contribution in [2.45, 2.75) is 26.4 Å². The topological polar surface area (TPSA) is 92.9 Å². The first-order valence-corrected chi connectivity index (χ1v) is 9.79. The van der Waals surface area contributed by atoms with Crippen LogP contribution in [-0.4, -0.2) is 33.8 Å². The number of likely N-dealkylation sites (tertiary alicyclic amines) is 1. The minimum absolute atomic E-state index is 0.0424. The molecule has 0 spiro atoms. The smallest absolute Gasteiger partial charge is 0.296 e. The molecule has 7 nitrogen and oxygen atoms in total. The second-order valence-corrected chi connectivity index (χ2v) is 7.43. The third-order valence-corrected chi connectivity index (χ3v) is 5.29. The molecule has 1 N–H and O–H groups in total. The zero-order valence-corrected chi connectivity index (χ0v) is 17.5. The van der Waals surface area contributed by atoms with E-state index in [1.165, 1.54) is 18.3 Å². The number of aliphatic hydroxyl groups is 1. The Hall–Kier alpha value is -3.87. The molecule has 1 aliphatic rings. The maximum Gasteiger partial charge on any atom is 0.296 e. The number of ether oxygens (including phenoxy) is 1. The van der Waals surface area contributed by atoms with Gasteiger partial charge in [-0.1, -0.05) is 12.1 Å². The molecule has 0 bridgehead atoms. The minimum atomic E-state index is -0.887. The van der Waals surface area contributed by atoms with E-state index in [0.717, 1.165) is 11.1 Å². The number of nitrogens with zero attached hydrogens (tertiary/aromatic N) is 2. The van der Waals surface area contributed by atoms with Crippen molar-refractivity contribution in [2.24, 2.45) is 0 Å². The maximum absolute atomic E-state index is 13.1. The van der Waals surface area contributed by atoms with E-state index in [2.05, 4.69) is 4.98 Å². The number of hydrogen-bond acceptors (Lipinski definition) is 6. The maximum atomic E-state index is 13.1. The van der Waals surface area contributed by atoms with Crippen molar-refractivity contribution in [1.29, 1.82) is 0 Å². The number of Topliss-reactive ketones (excluding diaryl/α,β-unsaturated/α-hetero) is 1. The molecule has 3 aromatic rings. The molecule has 1 fully saturated rings. The summed E-state index contributed by atoms with van der Waals surface area (Å²) >= 11 is 0. The monoisotopic (exact) mass is 418 g/mol. The fourth-order valence-corrected chi connectivity index (χ4v) is 4.00. The van der Waals surface area contributed by atoms with Crippen molar-refractivity contribution in [3.63, 3.8) is 0 Å². The Kier molecular flexibility index (Phi) is 5.33. The Bertz CT molecular complexity index is 1170. The number of amides is 1. The van der Waals surface area contributed by atoms with Crippen LogP contribution in [0.1, 0.15) is 34.2 Å². The van der Waals surface area contributed by atoms with Crippen LogP contribution in [0.3, 0.4) is 0 Å². The highest BCUT2D eigenvalue weighted by molar-refractivity contribution is 6.46. The van der Waals surface area contributed by atoms with E-state index in [4.69, 9.17) is 9.15 Å². The number of pyridine rings is 1. The van der Waals surface area contributed by atoms with Crippen LogP contribution in [0.25, 0.3) is 5.76 Å². The number of furan rings is 1. The summed E-state index contributed by atoms with van der Waals surface area (Å²) in [5.74, 6) is -0.989. The highest BCUT2D eigenvalue weighted by atomic mass is 16.5. The van der Waals surface area contributed by atoms with Gasteiger partial charge in [-0.05, 0) is 55.3 Å². The molecule has 1 amide bonds. The van der Waals surface area contributed by atoms with E-state index in [0.29, 0.717) is 22.8 Å². The summed E-state index contributed by atoms with van der Waals surface area (Å²) in [7, 11) is 1.50. The molecule has 0 aliphatic carbocycles. The second kappa shape index (κ2) is 8.10. The van der Waals surface area contributed by atoms with Crippen molar-refractivity contribution in [1.82, 2.24) is 9.88 Å². The van der Waals surface area contributed by atoms with Crippen LogP contribution >= 0.6 is 0 Å². The highest BCUT2D eigenvalue weighted by Crippen LogP contribution is 2.42. The zero-order chi connectivity index (χ0) is 22.1. The van der Waals surface area contributed by atoms with Crippen LogP contribution < -0.4 is 4.74 Å². The van der Waals surface area contributed by atoms with Gasteiger partial charge in [0.15, 0.2) is 0 Å². The Morgan fingerprint density at radius 3 is 2.65 bits per heavy atom. The van der Waals surface area contributed by atoms with Gasteiger partial charge < -0.3 is 19.2 Å². The molecule has 1 aliphatic heterocycles. The molecular formula is C24H22N2O5. The van der Waals surface area contributed by atoms with Gasteiger partial charge in [-0.15, -0.1) is 0 Å². The van der Waals surface area contributed by atoms with Gasteiger partial charge in [0.05, 0.1) is 36.7 Å². The van der Waals surface area contributed by atoms with Gasteiger partial charge in [0, 0.05) is 6.20 Å². The van der Waals surface area contributed by atoms with Crippen molar-refractivity contribution < 1.29 is 23.8 Å². The number of methoxy groups -OCH3 is 1. The van der Waals surface area contributed by atoms with Crippen molar-refractivity contribution in [3.8, 4) is 5.75 Å². The molecule has 158 valence electrons. The third kappa shape index (κ3) is 3.59. The summed E-state index contributed by atoms with van der Waals surface area (Å²) in [4.78, 5) is 31.7. The lowest BCUT2D eigenvalue weighted by molar-refractivity contribution is -0.140. The molecule has 0 radical (unpaired) electrons. The summed E-state index contributed by atoms with van der Waals surface area (Å²) in [6.07, 6.45) is 3.09. The van der Waals surface area contributed by atoms with Gasteiger partial charge in [-0.2, -0.15) is 0 Å². The summed E-state index contributed by atoms with van der Waals surface area (Å²) in [5, 5.41) is 11.3. The average Bonchev–Trinajstić information content (AvgIpc) is 3.36. The summed E-state index contributed by atoms with van der Waals surface area (Å²) in [6, 6.07) is 11.5. The van der Waals surface area contributed by atoms with Gasteiger partial charge in [0.1, 0.15) is 23.3 Å². The summed E-state index contributed by atoms with van der Waals surface area (Å²) in [5.41, 5.74) is 2.62. The first-order valence-electron chi connectivity index (χ1n) is 9.79. The van der Waals surface area contributed by atoms with Gasteiger partial charge in [-0.25, -0.2) is 0 Å². The Morgan fingerprint density at radius 1 is 1.19 bits per heavy atom. The molecule has 1 aromatic carbocycles. The second-order valence-electron chi connectivity index (χ2n) is 7.43. The Labute approximate surface area is 179 Å². The van der Waals surface area contributed by atoms with E-state index >= 15 is 0 Å². The molecular weight excluding hydrogens is 396 g/mol. The number of rotatable bonds is 5. The molecule has 1 saturated heterocycles. The van der Waals surface area contributed by atoms with Crippen LogP contribution in [0.4, 0.5) is 0 Å². The van der Waals surface area contributed by atoms with Crippen LogP contribution in [0.5, 0.6) is 5.75 Å². The summed E-state index contributed by atoms with van der Waals surface area (Å²) in [6.45, 7) is 3.83. The van der Waals surface area contributed by atoms with Crippen LogP contribution in [0.15, 0.2) is 64.9 Å². The normalized spacial score (nSPS) is 17.9. The van der Waals surface area contributed by atoms with Gasteiger partial charge in [0.2, 0.25) is 0 Å². The number of carbonyl (C=O) groups is 2. The molecule has 31 heavy (non-hydrogen) atoms. The lowest BCUT2D eigenvalue weighted by Crippen LogP contribution is -2.29. The SMILES string of the molecule is COc1c(C)cc(C)cc1/C(O)=C1/C(=O)C(=O)N(Cc2ccccn2)C1c1ccco1. The van der Waals surface area contributed by atoms with Crippen molar-refractivity contribution >= 4 is 17.4 Å². The first-order chi connectivity index (χ1) is 14.9. The quantitative estimate of drug-likeness (QED) is 0.384. The van der Waals surface area contributed by atoms with Gasteiger partial charge >= 0.3 is 0 Å². The first kappa shape index (κ1) is 20.4. The number of hydrogen-bond donors (Lipinski definition) is 1. The van der Waals surface area contributed by atoms with Crippen LogP contribution in [0.2, 0.25) is 0 Å². The number of aliphatic hydroxyl groups excluding tert-OH is 1. The fraction of sp³-hybridized carbons (Fsp3) is 0.208. The average molecular weight is 418 g/mol. The van der Waals surface area contributed by atoms with Crippen LogP contribution in [0, 0.1) is 13.8 Å². The van der Waals surface area contributed by atoms with Crippen LogP contribution in [-0.2, 0) is 16.1 Å². The number of carbonyl (C=O) groups excluding carboxylic acids is 2. The van der Waals surface area contributed by atoms with Gasteiger partial charge in [0.25, 0.3) is 11.7 Å². The third-order valence-electron chi connectivity index (χ3n) is 5.29. The van der Waals surface area contributed by atoms with Crippen molar-refractivity contribution in [3.05, 3.63) is 88.6 Å². The molecule has 1 atom stereocenters.